The normalized spacial score (nSPS) is 17.1. The Hall–Kier alpha value is -1.93. The van der Waals surface area contributed by atoms with Crippen LogP contribution < -0.4 is 5.32 Å². The highest BCUT2D eigenvalue weighted by Gasteiger charge is 2.16. The zero-order valence-corrected chi connectivity index (χ0v) is 18.2. The van der Waals surface area contributed by atoms with Gasteiger partial charge >= 0.3 is 0 Å². The molecule has 0 saturated carbocycles. The number of aryl methyl sites for hydroxylation is 1. The van der Waals surface area contributed by atoms with Gasteiger partial charge in [0.2, 0.25) is 0 Å². The predicted octanol–water partition coefficient (Wildman–Crippen LogP) is 2.72. The van der Waals surface area contributed by atoms with E-state index in [1.165, 1.54) is 5.56 Å². The van der Waals surface area contributed by atoms with Crippen LogP contribution in [0.25, 0.3) is 0 Å². The number of aliphatic imine (C=N–C) groups is 1. The SMILES string of the molecule is CCc1nncn1CCNC(=NCC1CCOC1)N(C)Cc1ccc(Br)cc1. The first-order chi connectivity index (χ1) is 13.7. The van der Waals surface area contributed by atoms with Crippen LogP contribution >= 0.6 is 15.9 Å². The molecule has 0 aliphatic carbocycles. The van der Waals surface area contributed by atoms with Gasteiger partial charge in [-0.15, -0.1) is 10.2 Å². The summed E-state index contributed by atoms with van der Waals surface area (Å²) in [6.07, 6.45) is 3.76. The number of nitrogens with zero attached hydrogens (tertiary/aromatic N) is 5. The maximum absolute atomic E-state index is 5.49. The molecule has 152 valence electrons. The summed E-state index contributed by atoms with van der Waals surface area (Å²) in [7, 11) is 2.08. The Bertz CT molecular complexity index is 754. The van der Waals surface area contributed by atoms with Crippen molar-refractivity contribution in [2.75, 3.05) is 33.4 Å². The topological polar surface area (TPSA) is 67.6 Å². The molecule has 2 heterocycles. The maximum atomic E-state index is 5.49. The Morgan fingerprint density at radius 2 is 2.21 bits per heavy atom. The van der Waals surface area contributed by atoms with Crippen LogP contribution in [-0.4, -0.2) is 59.0 Å². The van der Waals surface area contributed by atoms with Crippen molar-refractivity contribution in [2.45, 2.75) is 32.9 Å². The highest BCUT2D eigenvalue weighted by atomic mass is 79.9. The predicted molar refractivity (Wildman–Crippen MR) is 114 cm³/mol. The van der Waals surface area contributed by atoms with Gasteiger partial charge in [0, 0.05) is 56.6 Å². The molecule has 1 atom stereocenters. The highest BCUT2D eigenvalue weighted by Crippen LogP contribution is 2.14. The van der Waals surface area contributed by atoms with E-state index < -0.39 is 0 Å². The van der Waals surface area contributed by atoms with Crippen molar-refractivity contribution in [3.05, 3.63) is 46.5 Å². The fourth-order valence-electron chi connectivity index (χ4n) is 3.22. The summed E-state index contributed by atoms with van der Waals surface area (Å²) in [5, 5.41) is 11.7. The highest BCUT2D eigenvalue weighted by molar-refractivity contribution is 9.10. The molecule has 1 N–H and O–H groups in total. The number of ether oxygens (including phenoxy) is 1. The number of guanidine groups is 1. The van der Waals surface area contributed by atoms with Crippen LogP contribution in [0.3, 0.4) is 0 Å². The van der Waals surface area contributed by atoms with Crippen molar-refractivity contribution >= 4 is 21.9 Å². The van der Waals surface area contributed by atoms with E-state index in [0.717, 1.165) is 68.5 Å². The lowest BCUT2D eigenvalue weighted by molar-refractivity contribution is 0.187. The van der Waals surface area contributed by atoms with E-state index in [2.05, 4.69) is 79.1 Å². The van der Waals surface area contributed by atoms with E-state index in [0.29, 0.717) is 5.92 Å². The number of halogens is 1. The molecule has 0 bridgehead atoms. The lowest BCUT2D eigenvalue weighted by Gasteiger charge is -2.23. The Morgan fingerprint density at radius 1 is 1.39 bits per heavy atom. The fourth-order valence-corrected chi connectivity index (χ4v) is 3.48. The van der Waals surface area contributed by atoms with Gasteiger partial charge in [0.25, 0.3) is 0 Å². The van der Waals surface area contributed by atoms with Crippen molar-refractivity contribution in [1.29, 1.82) is 0 Å². The van der Waals surface area contributed by atoms with Crippen LogP contribution in [0.2, 0.25) is 0 Å². The van der Waals surface area contributed by atoms with Crippen molar-refractivity contribution in [2.24, 2.45) is 10.9 Å². The zero-order chi connectivity index (χ0) is 19.8. The molecule has 1 saturated heterocycles. The summed E-state index contributed by atoms with van der Waals surface area (Å²) in [6, 6.07) is 8.41. The fraction of sp³-hybridized carbons (Fsp3) is 0.550. The quantitative estimate of drug-likeness (QED) is 0.496. The Labute approximate surface area is 175 Å². The van der Waals surface area contributed by atoms with Gasteiger partial charge in [-0.3, -0.25) is 4.99 Å². The Morgan fingerprint density at radius 3 is 2.93 bits per heavy atom. The molecule has 7 nitrogen and oxygen atoms in total. The largest absolute Gasteiger partial charge is 0.381 e. The molecule has 1 unspecified atom stereocenters. The van der Waals surface area contributed by atoms with Crippen LogP contribution in [0.1, 0.15) is 24.7 Å². The molecule has 1 aromatic heterocycles. The minimum absolute atomic E-state index is 0.516. The summed E-state index contributed by atoms with van der Waals surface area (Å²) >= 11 is 3.49. The number of aromatic nitrogens is 3. The number of hydrogen-bond donors (Lipinski definition) is 1. The van der Waals surface area contributed by atoms with Gasteiger partial charge in [0.05, 0.1) is 6.61 Å². The number of benzene rings is 1. The third kappa shape index (κ3) is 6.04. The number of rotatable bonds is 8. The van der Waals surface area contributed by atoms with Crippen molar-refractivity contribution < 1.29 is 4.74 Å². The summed E-state index contributed by atoms with van der Waals surface area (Å²) in [6.45, 7) is 6.94. The molecule has 3 rings (SSSR count). The van der Waals surface area contributed by atoms with Crippen LogP contribution in [0, 0.1) is 5.92 Å². The molecular weight excluding hydrogens is 420 g/mol. The smallest absolute Gasteiger partial charge is 0.194 e. The third-order valence-electron chi connectivity index (χ3n) is 4.87. The molecule has 0 radical (unpaired) electrons. The van der Waals surface area contributed by atoms with Gasteiger partial charge in [-0.2, -0.15) is 0 Å². The third-order valence-corrected chi connectivity index (χ3v) is 5.39. The first kappa shape index (κ1) is 20.8. The summed E-state index contributed by atoms with van der Waals surface area (Å²) in [5.41, 5.74) is 1.25. The molecule has 0 amide bonds. The van der Waals surface area contributed by atoms with E-state index >= 15 is 0 Å². The Balaban J connectivity index is 1.61. The monoisotopic (exact) mass is 448 g/mol. The van der Waals surface area contributed by atoms with Gasteiger partial charge in [-0.25, -0.2) is 0 Å². The van der Waals surface area contributed by atoms with Gasteiger partial charge in [-0.1, -0.05) is 35.0 Å². The molecule has 8 heteroatoms. The minimum atomic E-state index is 0.516. The van der Waals surface area contributed by atoms with E-state index in [1.54, 1.807) is 6.33 Å². The lowest BCUT2D eigenvalue weighted by atomic mass is 10.1. The second-order valence-electron chi connectivity index (χ2n) is 7.10. The van der Waals surface area contributed by atoms with Gasteiger partial charge < -0.3 is 19.5 Å². The molecule has 0 spiro atoms. The van der Waals surface area contributed by atoms with Gasteiger partial charge in [0.1, 0.15) is 12.2 Å². The van der Waals surface area contributed by atoms with E-state index in [4.69, 9.17) is 9.73 Å². The lowest BCUT2D eigenvalue weighted by Crippen LogP contribution is -2.40. The molecule has 1 aliphatic rings. The van der Waals surface area contributed by atoms with E-state index in [-0.39, 0.29) is 0 Å². The van der Waals surface area contributed by atoms with Crippen molar-refractivity contribution in [1.82, 2.24) is 25.0 Å². The van der Waals surface area contributed by atoms with Crippen molar-refractivity contribution in [3.8, 4) is 0 Å². The van der Waals surface area contributed by atoms with Crippen LogP contribution in [0.5, 0.6) is 0 Å². The molecule has 1 fully saturated rings. The van der Waals surface area contributed by atoms with E-state index in [9.17, 15) is 0 Å². The zero-order valence-electron chi connectivity index (χ0n) is 16.6. The summed E-state index contributed by atoms with van der Waals surface area (Å²) in [5.74, 6) is 2.44. The van der Waals surface area contributed by atoms with Gasteiger partial charge in [-0.05, 0) is 24.1 Å². The molecule has 28 heavy (non-hydrogen) atoms. The maximum Gasteiger partial charge on any atom is 0.194 e. The average molecular weight is 449 g/mol. The summed E-state index contributed by atoms with van der Waals surface area (Å²) < 4.78 is 8.67. The first-order valence-electron chi connectivity index (χ1n) is 9.84. The molecule has 1 aliphatic heterocycles. The van der Waals surface area contributed by atoms with Crippen LogP contribution in [0.15, 0.2) is 40.1 Å². The first-order valence-corrected chi connectivity index (χ1v) is 10.6. The summed E-state index contributed by atoms with van der Waals surface area (Å²) in [4.78, 5) is 7.06. The minimum Gasteiger partial charge on any atom is -0.381 e. The number of hydrogen-bond acceptors (Lipinski definition) is 4. The average Bonchev–Trinajstić information content (AvgIpc) is 3.37. The van der Waals surface area contributed by atoms with Crippen LogP contribution in [0.4, 0.5) is 0 Å². The molecular formula is C20H29BrN6O. The molecule has 1 aromatic carbocycles. The molecule has 2 aromatic rings. The van der Waals surface area contributed by atoms with Crippen molar-refractivity contribution in [3.63, 3.8) is 0 Å². The van der Waals surface area contributed by atoms with Gasteiger partial charge in [0.15, 0.2) is 5.96 Å². The second-order valence-corrected chi connectivity index (χ2v) is 8.01. The Kier molecular flexibility index (Phi) is 7.85. The number of nitrogens with one attached hydrogen (secondary N) is 1. The second kappa shape index (κ2) is 10.6. The van der Waals surface area contributed by atoms with E-state index in [1.807, 2.05) is 0 Å². The standard InChI is InChI=1S/C20H29BrN6O/c1-3-19-25-24-15-27(19)10-9-22-20(23-12-17-8-11-28-14-17)26(2)13-16-4-6-18(21)7-5-16/h4-7,15,17H,3,8-14H2,1-2H3,(H,22,23). The van der Waals surface area contributed by atoms with Crippen LogP contribution in [-0.2, 0) is 24.2 Å².